The van der Waals surface area contributed by atoms with E-state index in [1.54, 1.807) is 13.3 Å². The van der Waals surface area contributed by atoms with Gasteiger partial charge in [0.2, 0.25) is 0 Å². The minimum absolute atomic E-state index is 0.255. The molecule has 0 spiro atoms. The molecule has 122 valence electrons. The molecule has 0 atom stereocenters. The lowest BCUT2D eigenvalue weighted by molar-refractivity contribution is 0.0946. The van der Waals surface area contributed by atoms with Crippen LogP contribution in [0.4, 0.5) is 0 Å². The molecule has 7 heteroatoms. The number of aromatic nitrogens is 3. The number of methoxy groups -OCH3 is 1. The van der Waals surface area contributed by atoms with E-state index in [4.69, 9.17) is 4.74 Å². The Kier molecular flexibility index (Phi) is 4.90. The van der Waals surface area contributed by atoms with Gasteiger partial charge in [0.05, 0.1) is 19.0 Å². The highest BCUT2D eigenvalue weighted by molar-refractivity contribution is 9.10. The summed E-state index contributed by atoms with van der Waals surface area (Å²) in [4.78, 5) is 12.2. The molecule has 6 nitrogen and oxygen atoms in total. The lowest BCUT2D eigenvalue weighted by atomic mass is 10.2. The molecule has 1 amide bonds. The Morgan fingerprint density at radius 2 is 2.08 bits per heavy atom. The van der Waals surface area contributed by atoms with Crippen molar-refractivity contribution < 1.29 is 9.53 Å². The van der Waals surface area contributed by atoms with Crippen LogP contribution < -0.4 is 10.1 Å². The summed E-state index contributed by atoms with van der Waals surface area (Å²) in [6.07, 6.45) is 1.59. The van der Waals surface area contributed by atoms with Crippen molar-refractivity contribution >= 4 is 21.8 Å². The smallest absolute Gasteiger partial charge is 0.273 e. The van der Waals surface area contributed by atoms with Crippen LogP contribution in [-0.2, 0) is 6.54 Å². The van der Waals surface area contributed by atoms with Crippen LogP contribution in [0.15, 0.2) is 59.2 Å². The van der Waals surface area contributed by atoms with Gasteiger partial charge in [-0.25, -0.2) is 4.68 Å². The Labute approximate surface area is 147 Å². The van der Waals surface area contributed by atoms with Gasteiger partial charge in [0, 0.05) is 17.1 Å². The zero-order valence-electron chi connectivity index (χ0n) is 12.9. The first-order valence-electron chi connectivity index (χ1n) is 7.26. The number of hydrogen-bond donors (Lipinski definition) is 1. The van der Waals surface area contributed by atoms with E-state index in [-0.39, 0.29) is 11.6 Å². The van der Waals surface area contributed by atoms with Crippen LogP contribution in [0, 0.1) is 0 Å². The minimum atomic E-state index is -0.278. The fourth-order valence-electron chi connectivity index (χ4n) is 2.15. The van der Waals surface area contributed by atoms with Gasteiger partial charge in [0.15, 0.2) is 5.69 Å². The summed E-state index contributed by atoms with van der Waals surface area (Å²) >= 11 is 3.46. The zero-order chi connectivity index (χ0) is 16.9. The third kappa shape index (κ3) is 3.62. The molecule has 3 aromatic rings. The average molecular weight is 387 g/mol. The second kappa shape index (κ2) is 7.27. The molecule has 0 unspecified atom stereocenters. The molecule has 2 aromatic carbocycles. The highest BCUT2D eigenvalue weighted by atomic mass is 79.9. The van der Waals surface area contributed by atoms with Crippen LogP contribution in [0.3, 0.4) is 0 Å². The first-order chi connectivity index (χ1) is 11.7. The summed E-state index contributed by atoms with van der Waals surface area (Å²) in [6.45, 7) is 0.409. The van der Waals surface area contributed by atoms with E-state index in [9.17, 15) is 4.79 Å². The van der Waals surface area contributed by atoms with Crippen LogP contribution >= 0.6 is 15.9 Å². The number of nitrogens with zero attached hydrogens (tertiary/aromatic N) is 3. The molecule has 1 heterocycles. The van der Waals surface area contributed by atoms with Gasteiger partial charge in [-0.2, -0.15) is 0 Å². The van der Waals surface area contributed by atoms with Gasteiger partial charge in [0.1, 0.15) is 5.75 Å². The number of benzene rings is 2. The summed E-state index contributed by atoms with van der Waals surface area (Å²) in [5.74, 6) is 0.433. The molecule has 1 N–H and O–H groups in total. The van der Waals surface area contributed by atoms with Crippen LogP contribution in [0.5, 0.6) is 5.75 Å². The first-order valence-corrected chi connectivity index (χ1v) is 8.05. The third-order valence-corrected chi connectivity index (χ3v) is 4.21. The fourth-order valence-corrected chi connectivity index (χ4v) is 2.58. The summed E-state index contributed by atoms with van der Waals surface area (Å²) in [6, 6.07) is 15.1. The highest BCUT2D eigenvalue weighted by Crippen LogP contribution is 2.17. The molecular weight excluding hydrogens is 372 g/mol. The first kappa shape index (κ1) is 16.2. The Morgan fingerprint density at radius 3 is 2.88 bits per heavy atom. The molecule has 0 saturated carbocycles. The van der Waals surface area contributed by atoms with E-state index >= 15 is 0 Å². The number of carbonyl (C=O) groups excluding carboxylic acids is 1. The SMILES string of the molecule is COc1cccc(-n2cc(C(=O)NCc3ccccc3Br)nn2)c1. The van der Waals surface area contributed by atoms with Crippen LogP contribution in [0.2, 0.25) is 0 Å². The van der Waals surface area contributed by atoms with Crippen molar-refractivity contribution in [3.05, 3.63) is 70.5 Å². The van der Waals surface area contributed by atoms with Crippen LogP contribution in [-0.4, -0.2) is 28.0 Å². The van der Waals surface area contributed by atoms with Crippen molar-refractivity contribution in [1.29, 1.82) is 0 Å². The second-order valence-corrected chi connectivity index (χ2v) is 5.88. The van der Waals surface area contributed by atoms with Crippen molar-refractivity contribution in [3.8, 4) is 11.4 Å². The van der Waals surface area contributed by atoms with E-state index in [1.165, 1.54) is 4.68 Å². The van der Waals surface area contributed by atoms with Crippen molar-refractivity contribution in [2.75, 3.05) is 7.11 Å². The summed E-state index contributed by atoms with van der Waals surface area (Å²) in [5.41, 5.74) is 2.02. The van der Waals surface area contributed by atoms with E-state index in [2.05, 4.69) is 31.6 Å². The van der Waals surface area contributed by atoms with E-state index < -0.39 is 0 Å². The molecule has 0 bridgehead atoms. The number of rotatable bonds is 5. The van der Waals surface area contributed by atoms with Crippen molar-refractivity contribution in [3.63, 3.8) is 0 Å². The van der Waals surface area contributed by atoms with Gasteiger partial charge >= 0.3 is 0 Å². The maximum atomic E-state index is 12.2. The summed E-state index contributed by atoms with van der Waals surface area (Å²) in [5, 5.41) is 10.8. The molecule has 0 radical (unpaired) electrons. The molecule has 0 aliphatic rings. The van der Waals surface area contributed by atoms with Crippen molar-refractivity contribution in [2.45, 2.75) is 6.54 Å². The van der Waals surface area contributed by atoms with E-state index in [0.717, 1.165) is 15.7 Å². The topological polar surface area (TPSA) is 69.0 Å². The van der Waals surface area contributed by atoms with Gasteiger partial charge in [-0.1, -0.05) is 45.4 Å². The lowest BCUT2D eigenvalue weighted by Gasteiger charge is -2.05. The van der Waals surface area contributed by atoms with Crippen LogP contribution in [0.1, 0.15) is 16.1 Å². The molecule has 0 fully saturated rings. The number of halogens is 1. The maximum absolute atomic E-state index is 12.2. The number of hydrogen-bond acceptors (Lipinski definition) is 4. The monoisotopic (exact) mass is 386 g/mol. The number of carbonyl (C=O) groups is 1. The van der Waals surface area contributed by atoms with E-state index in [0.29, 0.717) is 12.3 Å². The second-order valence-electron chi connectivity index (χ2n) is 5.02. The molecule has 3 rings (SSSR count). The highest BCUT2D eigenvalue weighted by Gasteiger charge is 2.12. The summed E-state index contributed by atoms with van der Waals surface area (Å²) in [7, 11) is 1.60. The number of amides is 1. The maximum Gasteiger partial charge on any atom is 0.273 e. The van der Waals surface area contributed by atoms with Gasteiger partial charge < -0.3 is 10.1 Å². The molecule has 0 aliphatic heterocycles. The average Bonchev–Trinajstić information content (AvgIpc) is 3.11. The zero-order valence-corrected chi connectivity index (χ0v) is 14.5. The third-order valence-electron chi connectivity index (χ3n) is 3.44. The Morgan fingerprint density at radius 1 is 1.25 bits per heavy atom. The minimum Gasteiger partial charge on any atom is -0.497 e. The Bertz CT molecular complexity index is 863. The normalized spacial score (nSPS) is 10.4. The molecule has 0 aliphatic carbocycles. The van der Waals surface area contributed by atoms with Gasteiger partial charge in [0.25, 0.3) is 5.91 Å². The van der Waals surface area contributed by atoms with Gasteiger partial charge in [-0.05, 0) is 23.8 Å². The predicted octanol–water partition coefficient (Wildman–Crippen LogP) is 2.97. The number of nitrogens with one attached hydrogen (secondary N) is 1. The quantitative estimate of drug-likeness (QED) is 0.731. The molecular formula is C17H15BrN4O2. The predicted molar refractivity (Wildman–Crippen MR) is 93.2 cm³/mol. The standard InChI is InChI=1S/C17H15BrN4O2/c1-24-14-7-4-6-13(9-14)22-11-16(20-21-22)17(23)19-10-12-5-2-3-8-15(12)18/h2-9,11H,10H2,1H3,(H,19,23). The lowest BCUT2D eigenvalue weighted by Crippen LogP contribution is -2.23. The van der Waals surface area contributed by atoms with E-state index in [1.807, 2.05) is 48.5 Å². The van der Waals surface area contributed by atoms with Gasteiger partial charge in [-0.15, -0.1) is 5.10 Å². The Balaban J connectivity index is 1.70. The van der Waals surface area contributed by atoms with Crippen molar-refractivity contribution in [1.82, 2.24) is 20.3 Å². The fraction of sp³-hybridized carbons (Fsp3) is 0.118. The van der Waals surface area contributed by atoms with Gasteiger partial charge in [-0.3, -0.25) is 4.79 Å². The summed E-state index contributed by atoms with van der Waals surface area (Å²) < 4.78 is 7.67. The molecule has 1 aromatic heterocycles. The van der Waals surface area contributed by atoms with Crippen molar-refractivity contribution in [2.24, 2.45) is 0 Å². The molecule has 24 heavy (non-hydrogen) atoms. The largest absolute Gasteiger partial charge is 0.497 e. The number of ether oxygens (including phenoxy) is 1. The Hall–Kier alpha value is -2.67. The van der Waals surface area contributed by atoms with Crippen LogP contribution in [0.25, 0.3) is 5.69 Å². The molecule has 0 saturated heterocycles.